The Morgan fingerprint density at radius 3 is 2.31 bits per heavy atom. The lowest BCUT2D eigenvalue weighted by Crippen LogP contribution is -2.51. The fourth-order valence-electron chi connectivity index (χ4n) is 4.41. The number of hydrogen-bond donors (Lipinski definition) is 0. The summed E-state index contributed by atoms with van der Waals surface area (Å²) in [7, 11) is 0. The van der Waals surface area contributed by atoms with Crippen LogP contribution in [0.3, 0.4) is 0 Å². The van der Waals surface area contributed by atoms with Gasteiger partial charge in [0.05, 0.1) is 0 Å². The second kappa shape index (κ2) is 9.19. The zero-order valence-electron chi connectivity index (χ0n) is 17.2. The van der Waals surface area contributed by atoms with Gasteiger partial charge < -0.3 is 9.80 Å². The molecule has 0 N–H and O–H groups in total. The maximum absolute atomic E-state index is 13.0. The number of rotatable bonds is 4. The lowest BCUT2D eigenvalue weighted by atomic mass is 9.94. The maximum atomic E-state index is 13.0. The topological polar surface area (TPSA) is 26.8 Å². The van der Waals surface area contributed by atoms with Crippen molar-refractivity contribution in [2.75, 3.05) is 44.2 Å². The molecule has 2 aromatic carbocycles. The summed E-state index contributed by atoms with van der Waals surface area (Å²) >= 11 is 6.12. The van der Waals surface area contributed by atoms with Crippen LogP contribution in [-0.2, 0) is 11.3 Å². The van der Waals surface area contributed by atoms with E-state index in [2.05, 4.69) is 52.0 Å². The van der Waals surface area contributed by atoms with Crippen LogP contribution in [0.1, 0.15) is 24.0 Å². The quantitative estimate of drug-likeness (QED) is 0.754. The van der Waals surface area contributed by atoms with Gasteiger partial charge in [0.15, 0.2) is 0 Å². The standard InChI is InChI=1S/C24H30ClN3O/c1-19-5-7-20(8-6-19)18-26-11-9-21(10-12-26)24(29)28-15-13-27(14-16-28)23-4-2-3-22(25)17-23/h2-8,17,21H,9-16,18H2,1H3. The molecule has 0 bridgehead atoms. The fraction of sp³-hybridized carbons (Fsp3) is 0.458. The summed E-state index contributed by atoms with van der Waals surface area (Å²) in [5.74, 6) is 0.535. The van der Waals surface area contributed by atoms with Crippen molar-refractivity contribution in [1.82, 2.24) is 9.80 Å². The first-order valence-corrected chi connectivity index (χ1v) is 11.0. The van der Waals surface area contributed by atoms with E-state index < -0.39 is 0 Å². The molecule has 5 heteroatoms. The van der Waals surface area contributed by atoms with Gasteiger partial charge in [-0.2, -0.15) is 0 Å². The number of carbonyl (C=O) groups is 1. The van der Waals surface area contributed by atoms with E-state index in [0.29, 0.717) is 5.91 Å². The molecule has 0 aromatic heterocycles. The number of carbonyl (C=O) groups excluding carboxylic acids is 1. The Morgan fingerprint density at radius 1 is 0.966 bits per heavy atom. The van der Waals surface area contributed by atoms with Gasteiger partial charge in [0.25, 0.3) is 0 Å². The van der Waals surface area contributed by atoms with Crippen LogP contribution in [0.4, 0.5) is 5.69 Å². The first kappa shape index (κ1) is 20.2. The van der Waals surface area contributed by atoms with E-state index in [1.165, 1.54) is 11.1 Å². The van der Waals surface area contributed by atoms with E-state index in [0.717, 1.165) is 69.4 Å². The number of piperazine rings is 1. The van der Waals surface area contributed by atoms with Crippen LogP contribution >= 0.6 is 11.6 Å². The zero-order chi connectivity index (χ0) is 20.2. The summed E-state index contributed by atoms with van der Waals surface area (Å²) in [5, 5.41) is 0.762. The van der Waals surface area contributed by atoms with Gasteiger partial charge in [0.2, 0.25) is 5.91 Å². The Kier molecular flexibility index (Phi) is 6.41. The molecule has 0 unspecified atom stereocenters. The number of aryl methyl sites for hydroxylation is 1. The molecule has 1 amide bonds. The first-order valence-electron chi connectivity index (χ1n) is 10.7. The van der Waals surface area contributed by atoms with Gasteiger partial charge in [0, 0.05) is 49.4 Å². The lowest BCUT2D eigenvalue weighted by Gasteiger charge is -2.39. The van der Waals surface area contributed by atoms with Gasteiger partial charge in [-0.1, -0.05) is 47.5 Å². The highest BCUT2D eigenvalue weighted by Crippen LogP contribution is 2.24. The van der Waals surface area contributed by atoms with Crippen molar-refractivity contribution in [2.45, 2.75) is 26.3 Å². The predicted octanol–water partition coefficient (Wildman–Crippen LogP) is 4.21. The molecule has 2 aliphatic heterocycles. The van der Waals surface area contributed by atoms with Crippen molar-refractivity contribution in [3.63, 3.8) is 0 Å². The number of nitrogens with zero attached hydrogens (tertiary/aromatic N) is 3. The maximum Gasteiger partial charge on any atom is 0.225 e. The SMILES string of the molecule is Cc1ccc(CN2CCC(C(=O)N3CCN(c4cccc(Cl)c4)CC3)CC2)cc1. The van der Waals surface area contributed by atoms with Crippen LogP contribution in [0, 0.1) is 12.8 Å². The number of likely N-dealkylation sites (tertiary alicyclic amines) is 1. The van der Waals surface area contributed by atoms with Gasteiger partial charge in [-0.15, -0.1) is 0 Å². The van der Waals surface area contributed by atoms with E-state index in [4.69, 9.17) is 11.6 Å². The number of amides is 1. The van der Waals surface area contributed by atoms with Crippen molar-refractivity contribution in [2.24, 2.45) is 5.92 Å². The van der Waals surface area contributed by atoms with Gasteiger partial charge in [-0.25, -0.2) is 0 Å². The molecule has 2 fully saturated rings. The van der Waals surface area contributed by atoms with Crippen molar-refractivity contribution in [3.05, 3.63) is 64.7 Å². The average molecular weight is 412 g/mol. The number of piperidine rings is 1. The van der Waals surface area contributed by atoms with Gasteiger partial charge in [-0.05, 0) is 56.6 Å². The fourth-order valence-corrected chi connectivity index (χ4v) is 4.59. The first-order chi connectivity index (χ1) is 14.1. The Bertz CT molecular complexity index is 822. The van der Waals surface area contributed by atoms with Crippen LogP contribution in [0.25, 0.3) is 0 Å². The van der Waals surface area contributed by atoms with E-state index in [-0.39, 0.29) is 5.92 Å². The molecule has 0 spiro atoms. The zero-order valence-corrected chi connectivity index (χ0v) is 17.9. The van der Waals surface area contributed by atoms with Crippen molar-refractivity contribution in [3.8, 4) is 0 Å². The molecule has 154 valence electrons. The van der Waals surface area contributed by atoms with E-state index in [1.54, 1.807) is 0 Å². The lowest BCUT2D eigenvalue weighted by molar-refractivity contribution is -0.137. The predicted molar refractivity (Wildman–Crippen MR) is 119 cm³/mol. The molecule has 0 atom stereocenters. The van der Waals surface area contributed by atoms with Crippen LogP contribution in [-0.4, -0.2) is 55.0 Å². The Balaban J connectivity index is 1.24. The molecule has 2 aromatic rings. The third kappa shape index (κ3) is 5.12. The molecule has 0 radical (unpaired) electrons. The minimum atomic E-state index is 0.182. The molecule has 29 heavy (non-hydrogen) atoms. The van der Waals surface area contributed by atoms with Crippen LogP contribution in [0.2, 0.25) is 5.02 Å². The largest absolute Gasteiger partial charge is 0.368 e. The van der Waals surface area contributed by atoms with E-state index >= 15 is 0 Å². The van der Waals surface area contributed by atoms with E-state index in [9.17, 15) is 4.79 Å². The third-order valence-corrected chi connectivity index (χ3v) is 6.46. The Hall–Kier alpha value is -2.04. The number of anilines is 1. The molecular weight excluding hydrogens is 382 g/mol. The second-order valence-corrected chi connectivity index (χ2v) is 8.76. The number of halogens is 1. The molecule has 2 saturated heterocycles. The van der Waals surface area contributed by atoms with Crippen LogP contribution in [0.15, 0.2) is 48.5 Å². The average Bonchev–Trinajstić information content (AvgIpc) is 2.75. The summed E-state index contributed by atoms with van der Waals surface area (Å²) < 4.78 is 0. The molecular formula is C24H30ClN3O. The van der Waals surface area contributed by atoms with Gasteiger partial charge in [0.1, 0.15) is 0 Å². The molecule has 0 saturated carbocycles. The van der Waals surface area contributed by atoms with Gasteiger partial charge in [-0.3, -0.25) is 9.69 Å². The second-order valence-electron chi connectivity index (χ2n) is 8.33. The molecule has 4 rings (SSSR count). The summed E-state index contributed by atoms with van der Waals surface area (Å²) in [4.78, 5) is 19.9. The minimum absolute atomic E-state index is 0.182. The molecule has 4 nitrogen and oxygen atoms in total. The number of hydrogen-bond acceptors (Lipinski definition) is 3. The van der Waals surface area contributed by atoms with Crippen molar-refractivity contribution in [1.29, 1.82) is 0 Å². The summed E-state index contributed by atoms with van der Waals surface area (Å²) in [5.41, 5.74) is 3.81. The highest BCUT2D eigenvalue weighted by atomic mass is 35.5. The van der Waals surface area contributed by atoms with Crippen LogP contribution < -0.4 is 4.90 Å². The monoisotopic (exact) mass is 411 g/mol. The molecule has 0 aliphatic carbocycles. The number of benzene rings is 2. The highest BCUT2D eigenvalue weighted by molar-refractivity contribution is 6.30. The normalized spacial score (nSPS) is 18.8. The Morgan fingerprint density at radius 2 is 1.66 bits per heavy atom. The third-order valence-electron chi connectivity index (χ3n) is 6.23. The smallest absolute Gasteiger partial charge is 0.225 e. The molecule has 2 heterocycles. The van der Waals surface area contributed by atoms with Gasteiger partial charge >= 0.3 is 0 Å². The van der Waals surface area contributed by atoms with Crippen molar-refractivity contribution < 1.29 is 4.79 Å². The highest BCUT2D eigenvalue weighted by Gasteiger charge is 2.30. The van der Waals surface area contributed by atoms with Crippen LogP contribution in [0.5, 0.6) is 0 Å². The molecule has 2 aliphatic rings. The minimum Gasteiger partial charge on any atom is -0.368 e. The summed E-state index contributed by atoms with van der Waals surface area (Å²) in [6, 6.07) is 16.8. The Labute approximate surface area is 179 Å². The summed E-state index contributed by atoms with van der Waals surface area (Å²) in [6.07, 6.45) is 1.94. The van der Waals surface area contributed by atoms with E-state index in [1.807, 2.05) is 18.2 Å². The summed E-state index contributed by atoms with van der Waals surface area (Å²) in [6.45, 7) is 8.47. The van der Waals surface area contributed by atoms with Crippen molar-refractivity contribution >= 4 is 23.2 Å².